The molecule has 1 rings (SSSR count). The summed E-state index contributed by atoms with van der Waals surface area (Å²) < 4.78 is 0. The number of rotatable bonds is 0. The summed E-state index contributed by atoms with van der Waals surface area (Å²) in [5, 5.41) is 9.37. The van der Waals surface area contributed by atoms with E-state index in [4.69, 9.17) is 16.9 Å². The highest BCUT2D eigenvalue weighted by Crippen LogP contribution is 2.30. The molecule has 0 N–H and O–H groups in total. The number of nitrogens with zero attached hydrogens (tertiary/aromatic N) is 1. The Morgan fingerprint density at radius 1 is 1.70 bits per heavy atom. The quantitative estimate of drug-likeness (QED) is 0.528. The summed E-state index contributed by atoms with van der Waals surface area (Å²) in [7, 11) is 0. The van der Waals surface area contributed by atoms with E-state index in [-0.39, 0.29) is 0 Å². The summed E-state index contributed by atoms with van der Waals surface area (Å²) in [4.78, 5) is 0. The molecule has 10 heavy (non-hydrogen) atoms. The molecule has 1 unspecified atom stereocenters. The highest BCUT2D eigenvalue weighted by Gasteiger charge is 2.15. The van der Waals surface area contributed by atoms with E-state index in [2.05, 4.69) is 13.0 Å². The van der Waals surface area contributed by atoms with Crippen molar-refractivity contribution in [2.75, 3.05) is 0 Å². The first-order valence-corrected chi connectivity index (χ1v) is 3.89. The van der Waals surface area contributed by atoms with Crippen molar-refractivity contribution >= 4 is 11.6 Å². The minimum Gasteiger partial charge on any atom is -0.193 e. The Kier molecular flexibility index (Phi) is 2.34. The van der Waals surface area contributed by atoms with Gasteiger partial charge in [-0.2, -0.15) is 5.26 Å². The maximum atomic E-state index is 8.59. The van der Waals surface area contributed by atoms with Gasteiger partial charge in [0.15, 0.2) is 0 Å². The molecule has 0 fully saturated rings. The fourth-order valence-corrected chi connectivity index (χ4v) is 1.42. The first kappa shape index (κ1) is 7.63. The van der Waals surface area contributed by atoms with E-state index in [0.717, 1.165) is 29.9 Å². The van der Waals surface area contributed by atoms with Crippen LogP contribution in [0.15, 0.2) is 10.6 Å². The molecule has 0 aromatic rings. The summed E-state index contributed by atoms with van der Waals surface area (Å²) in [6, 6.07) is 2.13. The molecular formula is C8H10ClN. The lowest BCUT2D eigenvalue weighted by Crippen LogP contribution is -2.03. The molecule has 1 aliphatic carbocycles. The van der Waals surface area contributed by atoms with Gasteiger partial charge in [0.2, 0.25) is 0 Å². The molecule has 1 nitrogen and oxygen atoms in total. The second-order valence-corrected chi connectivity index (χ2v) is 3.30. The molecule has 1 aliphatic rings. The van der Waals surface area contributed by atoms with E-state index < -0.39 is 0 Å². The van der Waals surface area contributed by atoms with Crippen molar-refractivity contribution in [2.45, 2.75) is 26.2 Å². The SMILES string of the molecule is CC1CCC(Cl)=C(C#N)C1. The molecule has 0 bridgehead atoms. The number of hydrogen-bond donors (Lipinski definition) is 0. The molecule has 0 radical (unpaired) electrons. The van der Waals surface area contributed by atoms with E-state index in [0.29, 0.717) is 5.92 Å². The molecule has 0 aromatic heterocycles. The molecule has 0 spiro atoms. The number of hydrogen-bond acceptors (Lipinski definition) is 1. The largest absolute Gasteiger partial charge is 0.193 e. The van der Waals surface area contributed by atoms with E-state index in [9.17, 15) is 0 Å². The minimum atomic E-state index is 0.636. The van der Waals surface area contributed by atoms with Crippen LogP contribution in [0.4, 0.5) is 0 Å². The maximum absolute atomic E-state index is 8.59. The van der Waals surface area contributed by atoms with Crippen molar-refractivity contribution < 1.29 is 0 Å². The zero-order chi connectivity index (χ0) is 7.56. The lowest BCUT2D eigenvalue weighted by atomic mass is 9.91. The molecule has 0 saturated carbocycles. The molecule has 0 heterocycles. The van der Waals surface area contributed by atoms with Gasteiger partial charge in [0.05, 0.1) is 6.07 Å². The lowest BCUT2D eigenvalue weighted by Gasteiger charge is -2.16. The predicted octanol–water partition coefficient (Wildman–Crippen LogP) is 2.82. The summed E-state index contributed by atoms with van der Waals surface area (Å²) in [5.41, 5.74) is 0.792. The fourth-order valence-electron chi connectivity index (χ4n) is 1.19. The Bertz CT molecular complexity index is 200. The van der Waals surface area contributed by atoms with E-state index in [1.807, 2.05) is 0 Å². The van der Waals surface area contributed by atoms with Crippen molar-refractivity contribution in [1.29, 1.82) is 5.26 Å². The molecule has 2 heteroatoms. The topological polar surface area (TPSA) is 23.8 Å². The average Bonchev–Trinajstić information content (AvgIpc) is 1.94. The number of allylic oxidation sites excluding steroid dienone is 2. The molecule has 0 aromatic carbocycles. The van der Waals surface area contributed by atoms with Crippen LogP contribution in [0.2, 0.25) is 0 Å². The molecular weight excluding hydrogens is 146 g/mol. The minimum absolute atomic E-state index is 0.636. The summed E-state index contributed by atoms with van der Waals surface area (Å²) in [6.07, 6.45) is 2.89. The van der Waals surface area contributed by atoms with E-state index in [1.54, 1.807) is 0 Å². The number of nitriles is 1. The van der Waals surface area contributed by atoms with Crippen LogP contribution >= 0.6 is 11.6 Å². The van der Waals surface area contributed by atoms with Crippen LogP contribution in [0.1, 0.15) is 26.2 Å². The first-order chi connectivity index (χ1) is 4.74. The van der Waals surface area contributed by atoms with E-state index >= 15 is 0 Å². The second-order valence-electron chi connectivity index (χ2n) is 2.84. The Hall–Kier alpha value is -0.480. The molecule has 0 saturated heterocycles. The van der Waals surface area contributed by atoms with Crippen LogP contribution in [-0.4, -0.2) is 0 Å². The Morgan fingerprint density at radius 3 is 2.90 bits per heavy atom. The zero-order valence-electron chi connectivity index (χ0n) is 6.02. The standard InChI is InChI=1S/C8H10ClN/c1-6-2-3-8(9)7(4-6)5-10/h6H,2-4H2,1H3. The predicted molar refractivity (Wildman–Crippen MR) is 41.5 cm³/mol. The molecule has 0 amide bonds. The smallest absolute Gasteiger partial charge is 0.0959 e. The normalized spacial score (nSPS) is 26.3. The summed E-state index contributed by atoms with van der Waals surface area (Å²) in [5.74, 6) is 0.636. The maximum Gasteiger partial charge on any atom is 0.0959 e. The number of halogens is 1. The van der Waals surface area contributed by atoms with Crippen molar-refractivity contribution in [1.82, 2.24) is 0 Å². The van der Waals surface area contributed by atoms with Crippen molar-refractivity contribution in [3.8, 4) is 6.07 Å². The van der Waals surface area contributed by atoms with Gasteiger partial charge in [-0.25, -0.2) is 0 Å². The third-order valence-electron chi connectivity index (χ3n) is 1.87. The summed E-state index contributed by atoms with van der Waals surface area (Å²) >= 11 is 5.81. The second kappa shape index (κ2) is 3.07. The van der Waals surface area contributed by atoms with Crippen molar-refractivity contribution in [3.05, 3.63) is 10.6 Å². The van der Waals surface area contributed by atoms with Gasteiger partial charge in [-0.15, -0.1) is 0 Å². The lowest BCUT2D eigenvalue weighted by molar-refractivity contribution is 0.512. The van der Waals surface area contributed by atoms with Crippen LogP contribution in [0.3, 0.4) is 0 Å². The third-order valence-corrected chi connectivity index (χ3v) is 2.29. The fraction of sp³-hybridized carbons (Fsp3) is 0.625. The molecule has 1 atom stereocenters. The summed E-state index contributed by atoms with van der Waals surface area (Å²) in [6.45, 7) is 2.15. The first-order valence-electron chi connectivity index (χ1n) is 3.51. The molecule has 54 valence electrons. The van der Waals surface area contributed by atoms with Crippen LogP contribution < -0.4 is 0 Å². The van der Waals surface area contributed by atoms with Crippen LogP contribution in [0.5, 0.6) is 0 Å². The monoisotopic (exact) mass is 155 g/mol. The van der Waals surface area contributed by atoms with Gasteiger partial charge >= 0.3 is 0 Å². The Balaban J connectivity index is 2.75. The zero-order valence-corrected chi connectivity index (χ0v) is 6.78. The van der Waals surface area contributed by atoms with Gasteiger partial charge < -0.3 is 0 Å². The Morgan fingerprint density at radius 2 is 2.40 bits per heavy atom. The van der Waals surface area contributed by atoms with Gasteiger partial charge in [0.1, 0.15) is 0 Å². The van der Waals surface area contributed by atoms with Gasteiger partial charge in [-0.05, 0) is 25.2 Å². The third kappa shape index (κ3) is 1.52. The van der Waals surface area contributed by atoms with Gasteiger partial charge in [0, 0.05) is 10.6 Å². The van der Waals surface area contributed by atoms with Crippen molar-refractivity contribution in [3.63, 3.8) is 0 Å². The van der Waals surface area contributed by atoms with Crippen LogP contribution in [0.25, 0.3) is 0 Å². The van der Waals surface area contributed by atoms with Gasteiger partial charge in [0.25, 0.3) is 0 Å². The van der Waals surface area contributed by atoms with Gasteiger partial charge in [-0.3, -0.25) is 0 Å². The van der Waals surface area contributed by atoms with Gasteiger partial charge in [-0.1, -0.05) is 18.5 Å². The highest BCUT2D eigenvalue weighted by atomic mass is 35.5. The average molecular weight is 156 g/mol. The van der Waals surface area contributed by atoms with Crippen LogP contribution in [0, 0.1) is 17.2 Å². The Labute approximate surface area is 66.3 Å². The van der Waals surface area contributed by atoms with E-state index in [1.165, 1.54) is 0 Å². The van der Waals surface area contributed by atoms with Crippen molar-refractivity contribution in [2.24, 2.45) is 5.92 Å². The van der Waals surface area contributed by atoms with Crippen LogP contribution in [-0.2, 0) is 0 Å². The molecule has 0 aliphatic heterocycles. The highest BCUT2D eigenvalue weighted by molar-refractivity contribution is 6.30.